The summed E-state index contributed by atoms with van der Waals surface area (Å²) in [6.07, 6.45) is -1.06. The van der Waals surface area contributed by atoms with Gasteiger partial charge in [-0.2, -0.15) is 13.5 Å². The number of urea groups is 1. The van der Waals surface area contributed by atoms with E-state index in [0.717, 1.165) is 4.90 Å². The quantitative estimate of drug-likeness (QED) is 0.375. The van der Waals surface area contributed by atoms with Gasteiger partial charge < -0.3 is 10.2 Å². The number of rotatable bonds is 7. The molecule has 0 saturated carbocycles. The highest BCUT2D eigenvalue weighted by molar-refractivity contribution is 7.80. The van der Waals surface area contributed by atoms with Crippen LogP contribution < -0.4 is 10.8 Å². The summed E-state index contributed by atoms with van der Waals surface area (Å²) < 4.78 is 62.7. The van der Waals surface area contributed by atoms with Crippen LogP contribution >= 0.6 is 0 Å². The van der Waals surface area contributed by atoms with Gasteiger partial charge in [0.15, 0.2) is 0 Å². The fraction of sp³-hybridized carbons (Fsp3) is 0.833. The van der Waals surface area contributed by atoms with Crippen LogP contribution in [0.2, 0.25) is 0 Å². The van der Waals surface area contributed by atoms with Gasteiger partial charge in [0.1, 0.15) is 12.1 Å². The van der Waals surface area contributed by atoms with Gasteiger partial charge in [-0.15, -0.1) is 4.28 Å². The monoisotopic (exact) mass is 402 g/mol. The Hall–Kier alpha value is -1.61. The van der Waals surface area contributed by atoms with E-state index in [9.17, 15) is 26.8 Å². The third-order valence-corrected chi connectivity index (χ3v) is 4.52. The second kappa shape index (κ2) is 6.84. The van der Waals surface area contributed by atoms with Gasteiger partial charge in [0, 0.05) is 12.0 Å². The first-order valence-corrected chi connectivity index (χ1v) is 8.89. The third-order valence-electron chi connectivity index (χ3n) is 4.18. The number of fused-ring (bicyclic) bond motifs is 2. The van der Waals surface area contributed by atoms with E-state index in [1.807, 2.05) is 5.48 Å². The Morgan fingerprint density at radius 3 is 2.62 bits per heavy atom. The summed E-state index contributed by atoms with van der Waals surface area (Å²) in [7, 11) is -3.52. The van der Waals surface area contributed by atoms with Crippen molar-refractivity contribution >= 4 is 22.3 Å². The van der Waals surface area contributed by atoms with Crippen LogP contribution in [0.15, 0.2) is 0 Å². The second-order valence-corrected chi connectivity index (χ2v) is 7.65. The fourth-order valence-electron chi connectivity index (χ4n) is 2.52. The Labute approximate surface area is 148 Å². The molecular formula is C12H20F2N4O7S. The van der Waals surface area contributed by atoms with Gasteiger partial charge in [-0.05, 0) is 20.9 Å². The topological polar surface area (TPSA) is 138 Å². The molecule has 0 aromatic carbocycles. The minimum atomic E-state index is -5.19. The molecule has 3 amide bonds. The average molecular weight is 402 g/mol. The summed E-state index contributed by atoms with van der Waals surface area (Å²) in [4.78, 5) is 30.0. The molecule has 26 heavy (non-hydrogen) atoms. The van der Waals surface area contributed by atoms with E-state index in [1.165, 1.54) is 0 Å². The first-order valence-electron chi connectivity index (χ1n) is 7.52. The van der Waals surface area contributed by atoms with E-state index in [0.29, 0.717) is 0 Å². The smallest absolute Gasteiger partial charge is 0.313 e. The van der Waals surface area contributed by atoms with Gasteiger partial charge >= 0.3 is 16.4 Å². The molecule has 150 valence electrons. The minimum absolute atomic E-state index is 0.0208. The third kappa shape index (κ3) is 4.37. The van der Waals surface area contributed by atoms with E-state index in [4.69, 9.17) is 9.39 Å². The van der Waals surface area contributed by atoms with Crippen molar-refractivity contribution in [3.05, 3.63) is 0 Å². The average Bonchev–Trinajstić information content (AvgIpc) is 2.77. The number of nitrogens with one attached hydrogen (secondary N) is 2. The number of hydroxylamine groups is 3. The molecule has 0 aliphatic carbocycles. The molecule has 2 fully saturated rings. The molecule has 2 aliphatic heterocycles. The van der Waals surface area contributed by atoms with Crippen molar-refractivity contribution in [2.45, 2.75) is 43.8 Å². The second-order valence-electron chi connectivity index (χ2n) is 6.65. The highest BCUT2D eigenvalue weighted by Gasteiger charge is 2.62. The van der Waals surface area contributed by atoms with Gasteiger partial charge in [0.25, 0.3) is 11.8 Å². The maximum Gasteiger partial charge on any atom is 0.418 e. The number of nitrogens with zero attached hydrogens (tertiary/aromatic N) is 2. The van der Waals surface area contributed by atoms with Crippen molar-refractivity contribution < 1.29 is 40.5 Å². The fourth-order valence-corrected chi connectivity index (χ4v) is 2.89. The summed E-state index contributed by atoms with van der Waals surface area (Å²) in [5, 5.41) is 2.77. The number of carbonyl (C=O) groups excluding carboxylic acids is 2. The first-order chi connectivity index (χ1) is 11.8. The molecule has 11 nitrogen and oxygen atoms in total. The van der Waals surface area contributed by atoms with E-state index < -0.39 is 58.8 Å². The van der Waals surface area contributed by atoms with Crippen LogP contribution in [0.3, 0.4) is 0 Å². The number of hydrogen-bond donors (Lipinski definition) is 3. The molecule has 0 spiro atoms. The maximum atomic E-state index is 14.3. The molecule has 0 aromatic rings. The summed E-state index contributed by atoms with van der Waals surface area (Å²) in [6.45, 7) is 2.91. The van der Waals surface area contributed by atoms with Gasteiger partial charge in [-0.25, -0.2) is 19.1 Å². The Kier molecular flexibility index (Phi) is 5.45. The van der Waals surface area contributed by atoms with Crippen molar-refractivity contribution in [3.8, 4) is 0 Å². The van der Waals surface area contributed by atoms with Crippen LogP contribution in [0.5, 0.6) is 0 Å². The Morgan fingerprint density at radius 2 is 2.08 bits per heavy atom. The zero-order valence-corrected chi connectivity index (χ0v) is 15.0. The normalized spacial score (nSPS) is 25.5. The van der Waals surface area contributed by atoms with Crippen LogP contribution in [-0.2, 0) is 24.3 Å². The maximum absolute atomic E-state index is 14.3. The SMILES string of the molecule is CNC(C)(C)CONC(=O)[C@@H]1CC(F)(F)[C@@H]2CN1C(=O)N2OS(=O)(=O)O. The molecule has 2 atom stereocenters. The number of alkyl halides is 2. The van der Waals surface area contributed by atoms with E-state index >= 15 is 0 Å². The lowest BCUT2D eigenvalue weighted by atomic mass is 9.96. The van der Waals surface area contributed by atoms with Crippen molar-refractivity contribution in [2.75, 3.05) is 20.2 Å². The molecule has 2 saturated heterocycles. The van der Waals surface area contributed by atoms with Gasteiger partial charge in [0.2, 0.25) is 0 Å². The Bertz CT molecular complexity index is 687. The zero-order chi connectivity index (χ0) is 19.9. The molecule has 0 unspecified atom stereocenters. The predicted molar refractivity (Wildman–Crippen MR) is 80.9 cm³/mol. The number of amides is 3. The zero-order valence-electron chi connectivity index (χ0n) is 14.2. The largest absolute Gasteiger partial charge is 0.418 e. The highest BCUT2D eigenvalue weighted by atomic mass is 32.3. The number of carbonyl (C=O) groups is 2. The van der Waals surface area contributed by atoms with Gasteiger partial charge in [0.05, 0.1) is 13.2 Å². The number of piperidine rings is 1. The van der Waals surface area contributed by atoms with Crippen molar-refractivity contribution in [1.82, 2.24) is 20.8 Å². The van der Waals surface area contributed by atoms with Crippen LogP contribution in [0.1, 0.15) is 20.3 Å². The summed E-state index contributed by atoms with van der Waals surface area (Å²) >= 11 is 0. The van der Waals surface area contributed by atoms with Crippen molar-refractivity contribution in [1.29, 1.82) is 0 Å². The first kappa shape index (κ1) is 20.7. The van der Waals surface area contributed by atoms with Gasteiger partial charge in [-0.3, -0.25) is 14.2 Å². The number of halogens is 2. The van der Waals surface area contributed by atoms with Crippen LogP contribution in [0.4, 0.5) is 13.6 Å². The van der Waals surface area contributed by atoms with E-state index in [-0.39, 0.29) is 11.7 Å². The molecule has 2 aliphatic rings. The van der Waals surface area contributed by atoms with Gasteiger partial charge in [-0.1, -0.05) is 0 Å². The molecule has 0 radical (unpaired) electrons. The summed E-state index contributed by atoms with van der Waals surface area (Å²) in [6, 6.07) is -4.83. The Morgan fingerprint density at radius 1 is 1.46 bits per heavy atom. The lowest BCUT2D eigenvalue weighted by Gasteiger charge is -2.34. The van der Waals surface area contributed by atoms with Crippen molar-refractivity contribution in [2.24, 2.45) is 0 Å². The highest BCUT2D eigenvalue weighted by Crippen LogP contribution is 2.41. The molecule has 2 bridgehead atoms. The molecule has 3 N–H and O–H groups in total. The predicted octanol–water partition coefficient (Wildman–Crippen LogP) is -0.720. The van der Waals surface area contributed by atoms with E-state index in [1.54, 1.807) is 20.9 Å². The summed E-state index contributed by atoms with van der Waals surface area (Å²) in [5.74, 6) is -4.61. The van der Waals surface area contributed by atoms with Crippen LogP contribution in [0, 0.1) is 0 Å². The molecule has 2 heterocycles. The van der Waals surface area contributed by atoms with Crippen LogP contribution in [-0.4, -0.2) is 78.6 Å². The lowest BCUT2D eigenvalue weighted by Crippen LogP contribution is -2.56. The molecular weight excluding hydrogens is 382 g/mol. The van der Waals surface area contributed by atoms with E-state index in [2.05, 4.69) is 9.60 Å². The van der Waals surface area contributed by atoms with Crippen LogP contribution in [0.25, 0.3) is 0 Å². The Balaban J connectivity index is 2.10. The molecule has 0 aromatic heterocycles. The molecule has 2 rings (SSSR count). The summed E-state index contributed by atoms with van der Waals surface area (Å²) in [5.41, 5.74) is 1.51. The number of hydrogen-bond acceptors (Lipinski definition) is 7. The minimum Gasteiger partial charge on any atom is -0.313 e. The standard InChI is InChI=1S/C12H20F2N4O7S/c1-11(2,15-3)6-24-16-9(19)7-4-12(13,14)8-5-17(7)10(20)18(8)25-26(21,22)23/h7-8,15H,4-6H2,1-3H3,(H,16,19)(H,21,22,23)/t7-,8-/m0/s1. The van der Waals surface area contributed by atoms with Crippen molar-refractivity contribution in [3.63, 3.8) is 0 Å². The number of likely N-dealkylation sites (N-methyl/N-ethyl adjacent to an activating group) is 1. The molecule has 14 heteroatoms. The lowest BCUT2D eigenvalue weighted by molar-refractivity contribution is -0.160.